The summed E-state index contributed by atoms with van der Waals surface area (Å²) in [5.74, 6) is -1.16. The van der Waals surface area contributed by atoms with Gasteiger partial charge in [-0.1, -0.05) is 60.7 Å². The quantitative estimate of drug-likeness (QED) is 0.234. The van der Waals surface area contributed by atoms with Gasteiger partial charge in [-0.05, 0) is 18.4 Å². The average molecular weight is 346 g/mol. The number of allylic oxidation sites excluding steroid dienone is 1. The third-order valence-corrected chi connectivity index (χ3v) is 4.04. The SMILES string of the molecule is CCOC=C(C(=O)c1ccccc1)C(=O)c1ccc2ccccc2c1O. The van der Waals surface area contributed by atoms with Crippen LogP contribution in [-0.2, 0) is 4.74 Å². The van der Waals surface area contributed by atoms with E-state index in [-0.39, 0.29) is 16.9 Å². The van der Waals surface area contributed by atoms with Gasteiger partial charge in [-0.2, -0.15) is 0 Å². The molecule has 0 aliphatic heterocycles. The number of rotatable bonds is 6. The van der Waals surface area contributed by atoms with Crippen LogP contribution in [0.15, 0.2) is 78.6 Å². The molecule has 0 spiro atoms. The molecule has 0 heterocycles. The molecule has 0 bridgehead atoms. The lowest BCUT2D eigenvalue weighted by molar-refractivity contribution is 0.0953. The Labute approximate surface area is 151 Å². The normalized spacial score (nSPS) is 11.3. The molecule has 0 amide bonds. The van der Waals surface area contributed by atoms with E-state index in [2.05, 4.69) is 0 Å². The topological polar surface area (TPSA) is 63.6 Å². The second kappa shape index (κ2) is 7.66. The van der Waals surface area contributed by atoms with Crippen LogP contribution >= 0.6 is 0 Å². The fourth-order valence-corrected chi connectivity index (χ4v) is 2.71. The van der Waals surface area contributed by atoms with Crippen molar-refractivity contribution in [2.24, 2.45) is 0 Å². The van der Waals surface area contributed by atoms with E-state index in [0.29, 0.717) is 17.6 Å². The first kappa shape index (κ1) is 17.4. The number of carbonyl (C=O) groups is 2. The van der Waals surface area contributed by atoms with Crippen LogP contribution in [0, 0.1) is 0 Å². The minimum atomic E-state index is -0.574. The van der Waals surface area contributed by atoms with Crippen LogP contribution in [0.25, 0.3) is 10.8 Å². The molecular formula is C22H18O4. The number of benzene rings is 3. The highest BCUT2D eigenvalue weighted by molar-refractivity contribution is 6.31. The molecule has 0 saturated carbocycles. The summed E-state index contributed by atoms with van der Waals surface area (Å²) in [6, 6.07) is 19.0. The van der Waals surface area contributed by atoms with Crippen molar-refractivity contribution < 1.29 is 19.4 Å². The van der Waals surface area contributed by atoms with Crippen molar-refractivity contribution in [3.8, 4) is 5.75 Å². The first-order chi connectivity index (χ1) is 12.6. The van der Waals surface area contributed by atoms with Crippen molar-refractivity contribution in [3.05, 3.63) is 89.7 Å². The smallest absolute Gasteiger partial charge is 0.203 e. The van der Waals surface area contributed by atoms with Crippen LogP contribution < -0.4 is 0 Å². The van der Waals surface area contributed by atoms with Crippen LogP contribution in [0.4, 0.5) is 0 Å². The number of Topliss-reactive ketones (excluding diaryl/α,β-unsaturated/α-hetero) is 2. The Morgan fingerprint density at radius 1 is 0.923 bits per heavy atom. The Morgan fingerprint density at radius 2 is 1.62 bits per heavy atom. The molecule has 4 heteroatoms. The zero-order valence-electron chi connectivity index (χ0n) is 14.3. The van der Waals surface area contributed by atoms with Crippen molar-refractivity contribution >= 4 is 22.3 Å². The number of ether oxygens (including phenoxy) is 1. The van der Waals surface area contributed by atoms with E-state index in [4.69, 9.17) is 4.74 Å². The molecule has 26 heavy (non-hydrogen) atoms. The monoisotopic (exact) mass is 346 g/mol. The fourth-order valence-electron chi connectivity index (χ4n) is 2.71. The molecule has 0 saturated heterocycles. The van der Waals surface area contributed by atoms with Gasteiger partial charge in [0.25, 0.3) is 0 Å². The molecule has 0 unspecified atom stereocenters. The number of ketones is 2. The van der Waals surface area contributed by atoms with Gasteiger partial charge in [-0.3, -0.25) is 9.59 Å². The van der Waals surface area contributed by atoms with Crippen molar-refractivity contribution in [1.29, 1.82) is 0 Å². The lowest BCUT2D eigenvalue weighted by Gasteiger charge is -2.10. The van der Waals surface area contributed by atoms with Gasteiger partial charge in [0.05, 0.1) is 18.4 Å². The minimum Gasteiger partial charge on any atom is -0.507 e. The summed E-state index contributed by atoms with van der Waals surface area (Å²) in [6.45, 7) is 2.08. The van der Waals surface area contributed by atoms with Crippen molar-refractivity contribution in [2.45, 2.75) is 6.92 Å². The summed E-state index contributed by atoms with van der Waals surface area (Å²) < 4.78 is 5.22. The molecule has 0 aliphatic carbocycles. The summed E-state index contributed by atoms with van der Waals surface area (Å²) in [4.78, 5) is 25.8. The van der Waals surface area contributed by atoms with E-state index in [1.54, 1.807) is 55.5 Å². The summed E-state index contributed by atoms with van der Waals surface area (Å²) >= 11 is 0. The maximum atomic E-state index is 13.0. The van der Waals surface area contributed by atoms with Crippen LogP contribution in [0.2, 0.25) is 0 Å². The number of hydrogen-bond acceptors (Lipinski definition) is 4. The molecule has 3 aromatic carbocycles. The van der Waals surface area contributed by atoms with E-state index >= 15 is 0 Å². The molecule has 3 rings (SSSR count). The molecule has 0 aromatic heterocycles. The van der Waals surface area contributed by atoms with Gasteiger partial charge in [0.1, 0.15) is 11.3 Å². The van der Waals surface area contributed by atoms with Gasteiger partial charge in [0.2, 0.25) is 5.78 Å². The third kappa shape index (κ3) is 3.35. The molecule has 0 aliphatic rings. The Morgan fingerprint density at radius 3 is 2.35 bits per heavy atom. The number of fused-ring (bicyclic) bond motifs is 1. The maximum Gasteiger partial charge on any atom is 0.203 e. The van der Waals surface area contributed by atoms with E-state index in [9.17, 15) is 14.7 Å². The molecule has 3 aromatic rings. The van der Waals surface area contributed by atoms with Crippen molar-refractivity contribution in [1.82, 2.24) is 0 Å². The molecule has 0 atom stereocenters. The molecule has 0 fully saturated rings. The Bertz CT molecular complexity index is 987. The van der Waals surface area contributed by atoms with E-state index < -0.39 is 11.6 Å². The highest BCUT2D eigenvalue weighted by atomic mass is 16.5. The number of aromatic hydroxyl groups is 1. The second-order valence-corrected chi connectivity index (χ2v) is 5.69. The van der Waals surface area contributed by atoms with Gasteiger partial charge >= 0.3 is 0 Å². The fraction of sp³-hybridized carbons (Fsp3) is 0.0909. The highest BCUT2D eigenvalue weighted by Gasteiger charge is 2.24. The van der Waals surface area contributed by atoms with Crippen LogP contribution in [0.5, 0.6) is 5.75 Å². The van der Waals surface area contributed by atoms with E-state index in [0.717, 1.165) is 5.39 Å². The average Bonchev–Trinajstić information content (AvgIpc) is 2.69. The Hall–Kier alpha value is -3.40. The van der Waals surface area contributed by atoms with Crippen molar-refractivity contribution in [3.63, 3.8) is 0 Å². The van der Waals surface area contributed by atoms with Crippen LogP contribution in [-0.4, -0.2) is 23.3 Å². The standard InChI is InChI=1S/C22H18O4/c1-2-26-14-19(20(23)16-9-4-3-5-10-16)22(25)18-13-12-15-8-6-7-11-17(15)21(18)24/h3-14,24H,2H2,1H3. The summed E-state index contributed by atoms with van der Waals surface area (Å²) in [7, 11) is 0. The maximum absolute atomic E-state index is 13.0. The van der Waals surface area contributed by atoms with Crippen LogP contribution in [0.3, 0.4) is 0 Å². The Balaban J connectivity index is 2.06. The minimum absolute atomic E-state index is 0.0685. The molecule has 4 nitrogen and oxygen atoms in total. The summed E-state index contributed by atoms with van der Waals surface area (Å²) in [5.41, 5.74) is 0.328. The van der Waals surface area contributed by atoms with Crippen molar-refractivity contribution in [2.75, 3.05) is 6.61 Å². The van der Waals surface area contributed by atoms with E-state index in [1.807, 2.05) is 12.1 Å². The largest absolute Gasteiger partial charge is 0.507 e. The summed E-state index contributed by atoms with van der Waals surface area (Å²) in [5, 5.41) is 11.9. The third-order valence-electron chi connectivity index (χ3n) is 4.04. The first-order valence-corrected chi connectivity index (χ1v) is 8.30. The Kier molecular flexibility index (Phi) is 5.13. The zero-order chi connectivity index (χ0) is 18.5. The van der Waals surface area contributed by atoms with Crippen LogP contribution in [0.1, 0.15) is 27.6 Å². The van der Waals surface area contributed by atoms with E-state index in [1.165, 1.54) is 12.3 Å². The molecule has 130 valence electrons. The lowest BCUT2D eigenvalue weighted by atomic mass is 9.94. The number of carbonyl (C=O) groups excluding carboxylic acids is 2. The first-order valence-electron chi connectivity index (χ1n) is 8.30. The predicted octanol–water partition coefficient (Wildman–Crippen LogP) is 4.53. The van der Waals surface area contributed by atoms with Gasteiger partial charge in [0, 0.05) is 10.9 Å². The molecular weight excluding hydrogens is 328 g/mol. The van der Waals surface area contributed by atoms with Gasteiger partial charge in [-0.25, -0.2) is 0 Å². The molecule has 0 radical (unpaired) electrons. The van der Waals surface area contributed by atoms with Gasteiger partial charge in [-0.15, -0.1) is 0 Å². The highest BCUT2D eigenvalue weighted by Crippen LogP contribution is 2.30. The number of hydrogen-bond donors (Lipinski definition) is 1. The zero-order valence-corrected chi connectivity index (χ0v) is 14.3. The van der Waals surface area contributed by atoms with Gasteiger partial charge in [0.15, 0.2) is 5.78 Å². The summed E-state index contributed by atoms with van der Waals surface area (Å²) in [6.07, 6.45) is 1.17. The number of phenols is 1. The lowest BCUT2D eigenvalue weighted by Crippen LogP contribution is -2.14. The molecule has 1 N–H and O–H groups in total. The predicted molar refractivity (Wildman–Crippen MR) is 100 cm³/mol. The van der Waals surface area contributed by atoms with Gasteiger partial charge < -0.3 is 9.84 Å². The second-order valence-electron chi connectivity index (χ2n) is 5.69. The number of phenolic OH excluding ortho intramolecular Hbond substituents is 1.